The van der Waals surface area contributed by atoms with Crippen molar-refractivity contribution in [3.63, 3.8) is 0 Å². The van der Waals surface area contributed by atoms with Crippen LogP contribution < -0.4 is 0 Å². The van der Waals surface area contributed by atoms with E-state index in [1.54, 1.807) is 37.4 Å². The highest BCUT2D eigenvalue weighted by atomic mass is 32.2. The Morgan fingerprint density at radius 2 is 1.80 bits per heavy atom. The van der Waals surface area contributed by atoms with Gasteiger partial charge >= 0.3 is 0 Å². The largest absolute Gasteiger partial charge is 0.337 e. The van der Waals surface area contributed by atoms with Gasteiger partial charge in [-0.15, -0.1) is 0 Å². The Kier molecular flexibility index (Phi) is 6.33. The number of carbonyl (C=O) groups excluding carboxylic acids is 1. The number of aromatic nitrogens is 2. The van der Waals surface area contributed by atoms with Gasteiger partial charge in [-0.25, -0.2) is 8.42 Å². The van der Waals surface area contributed by atoms with E-state index in [0.29, 0.717) is 11.4 Å². The topological polar surface area (TPSA) is 96.6 Å². The lowest BCUT2D eigenvalue weighted by Gasteiger charge is -2.29. The van der Waals surface area contributed by atoms with Crippen molar-refractivity contribution >= 4 is 15.9 Å². The van der Waals surface area contributed by atoms with Crippen molar-refractivity contribution in [2.45, 2.75) is 19.5 Å². The number of sulfonamides is 1. The fraction of sp³-hybridized carbons (Fsp3) is 0.286. The van der Waals surface area contributed by atoms with Gasteiger partial charge in [-0.3, -0.25) is 4.79 Å². The summed E-state index contributed by atoms with van der Waals surface area (Å²) in [6.45, 7) is 2.03. The van der Waals surface area contributed by atoms with Crippen LogP contribution in [0.4, 0.5) is 0 Å². The minimum absolute atomic E-state index is 0.0542. The molecule has 0 spiro atoms. The van der Waals surface area contributed by atoms with E-state index in [9.17, 15) is 13.2 Å². The summed E-state index contributed by atoms with van der Waals surface area (Å²) in [5.41, 5.74) is 2.46. The summed E-state index contributed by atoms with van der Waals surface area (Å²) in [6, 6.07) is 15.5. The van der Waals surface area contributed by atoms with Crippen LogP contribution in [0.5, 0.6) is 0 Å². The van der Waals surface area contributed by atoms with E-state index in [2.05, 4.69) is 10.1 Å². The standard InChI is InChI=1S/C21H24N4O4S/c1-15-9-8-12-17(13-15)20-22-18(29-23-20)14-24(2)21(26)19(25(3)30(4,27)28)16-10-6-5-7-11-16/h5-13,19H,14H2,1-4H3/t19-/m0/s1. The average Bonchev–Trinajstić information content (AvgIpc) is 3.16. The number of amides is 1. The molecule has 0 aliphatic heterocycles. The van der Waals surface area contributed by atoms with Gasteiger partial charge < -0.3 is 9.42 Å². The highest BCUT2D eigenvalue weighted by Gasteiger charge is 2.33. The predicted molar refractivity (Wildman–Crippen MR) is 113 cm³/mol. The van der Waals surface area contributed by atoms with Crippen LogP contribution in [0, 0.1) is 6.92 Å². The fourth-order valence-electron chi connectivity index (χ4n) is 3.04. The number of benzene rings is 2. The Morgan fingerprint density at radius 3 is 2.43 bits per heavy atom. The van der Waals surface area contributed by atoms with E-state index in [4.69, 9.17) is 4.52 Å². The Morgan fingerprint density at radius 1 is 1.10 bits per heavy atom. The Bertz CT molecular complexity index is 1130. The molecule has 0 N–H and O–H groups in total. The molecule has 158 valence electrons. The molecule has 8 nitrogen and oxygen atoms in total. The van der Waals surface area contributed by atoms with Gasteiger partial charge in [-0.05, 0) is 18.6 Å². The van der Waals surface area contributed by atoms with Gasteiger partial charge in [0.05, 0.1) is 12.8 Å². The third kappa shape index (κ3) is 4.92. The quantitative estimate of drug-likeness (QED) is 0.574. The molecule has 0 aliphatic rings. The predicted octanol–water partition coefficient (Wildman–Crippen LogP) is 2.64. The maximum atomic E-state index is 13.2. The number of rotatable bonds is 7. The van der Waals surface area contributed by atoms with E-state index in [-0.39, 0.29) is 12.4 Å². The van der Waals surface area contributed by atoms with Crippen molar-refractivity contribution < 1.29 is 17.7 Å². The molecule has 1 amide bonds. The zero-order valence-corrected chi connectivity index (χ0v) is 18.1. The van der Waals surface area contributed by atoms with Gasteiger partial charge in [0, 0.05) is 19.7 Å². The van der Waals surface area contributed by atoms with Crippen LogP contribution in [0.2, 0.25) is 0 Å². The lowest BCUT2D eigenvalue weighted by atomic mass is 10.1. The van der Waals surface area contributed by atoms with Gasteiger partial charge in [0.25, 0.3) is 0 Å². The van der Waals surface area contributed by atoms with Crippen LogP contribution in [0.15, 0.2) is 59.1 Å². The van der Waals surface area contributed by atoms with Crippen LogP contribution in [-0.2, 0) is 21.4 Å². The SMILES string of the molecule is Cc1cccc(-c2noc(CN(C)C(=O)[C@H](c3ccccc3)N(C)S(C)(=O)=O)n2)c1. The van der Waals surface area contributed by atoms with Crippen LogP contribution in [0.25, 0.3) is 11.4 Å². The van der Waals surface area contributed by atoms with Gasteiger partial charge in [0.1, 0.15) is 6.04 Å². The molecule has 3 aromatic rings. The summed E-state index contributed by atoms with van der Waals surface area (Å²) in [5.74, 6) is 0.294. The minimum atomic E-state index is -3.60. The maximum absolute atomic E-state index is 13.2. The minimum Gasteiger partial charge on any atom is -0.337 e. The molecular formula is C21H24N4O4S. The van der Waals surface area contributed by atoms with Crippen LogP contribution in [0.3, 0.4) is 0 Å². The zero-order valence-electron chi connectivity index (χ0n) is 17.3. The van der Waals surface area contributed by atoms with E-state index < -0.39 is 22.0 Å². The molecule has 0 aliphatic carbocycles. The summed E-state index contributed by atoms with van der Waals surface area (Å²) >= 11 is 0. The molecule has 0 fully saturated rings. The third-order valence-corrected chi connectivity index (χ3v) is 5.99. The first-order chi connectivity index (χ1) is 14.2. The van der Waals surface area contributed by atoms with Crippen molar-refractivity contribution in [3.8, 4) is 11.4 Å². The summed E-state index contributed by atoms with van der Waals surface area (Å²) in [6.07, 6.45) is 1.07. The van der Waals surface area contributed by atoms with E-state index >= 15 is 0 Å². The van der Waals surface area contributed by atoms with Gasteiger partial charge in [-0.1, -0.05) is 59.3 Å². The molecule has 1 atom stereocenters. The Balaban J connectivity index is 1.82. The lowest BCUT2D eigenvalue weighted by Crippen LogP contribution is -2.41. The highest BCUT2D eigenvalue weighted by molar-refractivity contribution is 7.88. The van der Waals surface area contributed by atoms with Crippen molar-refractivity contribution in [2.24, 2.45) is 0 Å². The molecule has 0 bridgehead atoms. The van der Waals surface area contributed by atoms with Crippen molar-refractivity contribution in [1.82, 2.24) is 19.3 Å². The molecule has 9 heteroatoms. The van der Waals surface area contributed by atoms with Crippen molar-refractivity contribution in [3.05, 3.63) is 71.6 Å². The Labute approximate surface area is 176 Å². The lowest BCUT2D eigenvalue weighted by molar-refractivity contribution is -0.134. The van der Waals surface area contributed by atoms with Gasteiger partial charge in [0.15, 0.2) is 0 Å². The molecule has 0 saturated carbocycles. The average molecular weight is 429 g/mol. The maximum Gasteiger partial charge on any atom is 0.246 e. The molecule has 3 rings (SSSR count). The summed E-state index contributed by atoms with van der Waals surface area (Å²) in [4.78, 5) is 18.9. The molecule has 0 unspecified atom stereocenters. The number of nitrogens with zero attached hydrogens (tertiary/aromatic N) is 4. The van der Waals surface area contributed by atoms with Gasteiger partial charge in [0.2, 0.25) is 27.6 Å². The highest BCUT2D eigenvalue weighted by Crippen LogP contribution is 2.25. The summed E-state index contributed by atoms with van der Waals surface area (Å²) in [7, 11) is -0.639. The summed E-state index contributed by atoms with van der Waals surface area (Å²) in [5, 5.41) is 3.99. The van der Waals surface area contributed by atoms with Crippen LogP contribution in [-0.4, -0.2) is 54.0 Å². The van der Waals surface area contributed by atoms with Crippen LogP contribution >= 0.6 is 0 Å². The number of carbonyl (C=O) groups is 1. The second kappa shape index (κ2) is 8.76. The molecule has 0 saturated heterocycles. The van der Waals surface area contributed by atoms with E-state index in [0.717, 1.165) is 21.7 Å². The molecule has 30 heavy (non-hydrogen) atoms. The smallest absolute Gasteiger partial charge is 0.246 e. The van der Waals surface area contributed by atoms with Crippen molar-refractivity contribution in [2.75, 3.05) is 20.4 Å². The first-order valence-corrected chi connectivity index (χ1v) is 11.1. The molecule has 0 radical (unpaired) electrons. The normalized spacial score (nSPS) is 12.7. The Hall–Kier alpha value is -3.04. The van der Waals surface area contributed by atoms with Crippen molar-refractivity contribution in [1.29, 1.82) is 0 Å². The first-order valence-electron chi connectivity index (χ1n) is 9.29. The van der Waals surface area contributed by atoms with E-state index in [1.165, 1.54) is 11.9 Å². The fourth-order valence-corrected chi connectivity index (χ4v) is 3.64. The second-order valence-corrected chi connectivity index (χ2v) is 9.21. The monoisotopic (exact) mass is 428 g/mol. The third-order valence-electron chi connectivity index (χ3n) is 4.73. The number of likely N-dealkylation sites (N-methyl/N-ethyl adjacent to an activating group) is 2. The number of aryl methyl sites for hydroxylation is 1. The first kappa shape index (κ1) is 21.7. The molecule has 1 aromatic heterocycles. The van der Waals surface area contributed by atoms with E-state index in [1.807, 2.05) is 31.2 Å². The number of hydrogen-bond acceptors (Lipinski definition) is 6. The molecule has 1 heterocycles. The van der Waals surface area contributed by atoms with Crippen LogP contribution in [0.1, 0.15) is 23.1 Å². The number of hydrogen-bond donors (Lipinski definition) is 0. The summed E-state index contributed by atoms with van der Waals surface area (Å²) < 4.78 is 30.6. The van der Waals surface area contributed by atoms with Gasteiger partial charge in [-0.2, -0.15) is 9.29 Å². The second-order valence-electron chi connectivity index (χ2n) is 7.17. The zero-order chi connectivity index (χ0) is 21.9. The molecular weight excluding hydrogens is 404 g/mol. The molecule has 2 aromatic carbocycles.